The molecule has 0 aliphatic heterocycles. The number of aromatic carboxylic acids is 1. The lowest BCUT2D eigenvalue weighted by atomic mass is 10.1. The molecule has 2 rings (SSSR count). The number of aliphatic hydroxyl groups is 1. The van der Waals surface area contributed by atoms with E-state index in [4.69, 9.17) is 16.7 Å². The Hall–Kier alpha value is -1.06. The summed E-state index contributed by atoms with van der Waals surface area (Å²) in [6, 6.07) is 4.41. The quantitative estimate of drug-likeness (QED) is 0.789. The van der Waals surface area contributed by atoms with Crippen LogP contribution in [0.2, 0.25) is 5.02 Å². The van der Waals surface area contributed by atoms with Crippen LogP contribution in [0.5, 0.6) is 0 Å². The van der Waals surface area contributed by atoms with Crippen molar-refractivity contribution >= 4 is 17.6 Å². The molecule has 0 aromatic heterocycles. The molecule has 74 valence electrons. The topological polar surface area (TPSA) is 57.5 Å². The standard InChI is InChI=1S/C10H9ClO3/c11-8-5-6(9(12)13)1-2-7(8)10(14)3-4-10/h1-2,5,14H,3-4H2,(H,12,13). The van der Waals surface area contributed by atoms with Crippen molar-refractivity contribution in [2.24, 2.45) is 0 Å². The fourth-order valence-electron chi connectivity index (χ4n) is 1.41. The van der Waals surface area contributed by atoms with E-state index >= 15 is 0 Å². The molecule has 1 aliphatic carbocycles. The van der Waals surface area contributed by atoms with Crippen molar-refractivity contribution in [3.8, 4) is 0 Å². The van der Waals surface area contributed by atoms with Crippen LogP contribution in [-0.2, 0) is 5.60 Å². The maximum atomic E-state index is 10.6. The highest BCUT2D eigenvalue weighted by Crippen LogP contribution is 2.47. The molecule has 0 atom stereocenters. The van der Waals surface area contributed by atoms with Crippen molar-refractivity contribution in [2.45, 2.75) is 18.4 Å². The Labute approximate surface area is 85.9 Å². The summed E-state index contributed by atoms with van der Waals surface area (Å²) in [6.07, 6.45) is 1.39. The minimum atomic E-state index is -1.01. The Balaban J connectivity index is 2.41. The molecule has 1 aromatic rings. The van der Waals surface area contributed by atoms with Gasteiger partial charge in [-0.25, -0.2) is 4.79 Å². The first-order valence-corrected chi connectivity index (χ1v) is 4.66. The molecule has 1 saturated carbocycles. The smallest absolute Gasteiger partial charge is 0.335 e. The molecule has 1 fully saturated rings. The van der Waals surface area contributed by atoms with Crippen molar-refractivity contribution in [1.29, 1.82) is 0 Å². The van der Waals surface area contributed by atoms with Crippen molar-refractivity contribution in [3.63, 3.8) is 0 Å². The number of carbonyl (C=O) groups is 1. The van der Waals surface area contributed by atoms with E-state index in [0.717, 1.165) is 0 Å². The predicted molar refractivity (Wildman–Crippen MR) is 51.5 cm³/mol. The van der Waals surface area contributed by atoms with Crippen LogP contribution < -0.4 is 0 Å². The molecule has 0 bridgehead atoms. The molecule has 2 N–H and O–H groups in total. The van der Waals surface area contributed by atoms with E-state index in [1.807, 2.05) is 0 Å². The van der Waals surface area contributed by atoms with Gasteiger partial charge in [-0.3, -0.25) is 0 Å². The first-order valence-electron chi connectivity index (χ1n) is 4.29. The van der Waals surface area contributed by atoms with Gasteiger partial charge in [-0.2, -0.15) is 0 Å². The molecule has 0 radical (unpaired) electrons. The summed E-state index contributed by atoms with van der Waals surface area (Å²) in [5, 5.41) is 18.8. The summed E-state index contributed by atoms with van der Waals surface area (Å²) >= 11 is 5.87. The Morgan fingerprint density at radius 2 is 2.07 bits per heavy atom. The average Bonchev–Trinajstić information content (AvgIpc) is 2.84. The van der Waals surface area contributed by atoms with Crippen LogP contribution >= 0.6 is 11.6 Å². The van der Waals surface area contributed by atoms with Gasteiger partial charge >= 0.3 is 5.97 Å². The van der Waals surface area contributed by atoms with Gasteiger partial charge in [0.05, 0.1) is 11.2 Å². The molecule has 4 heteroatoms. The van der Waals surface area contributed by atoms with Crippen LogP contribution in [0.25, 0.3) is 0 Å². The van der Waals surface area contributed by atoms with Gasteiger partial charge in [-0.05, 0) is 25.0 Å². The van der Waals surface area contributed by atoms with Crippen LogP contribution in [0.15, 0.2) is 18.2 Å². The third kappa shape index (κ3) is 1.49. The molecule has 0 unspecified atom stereocenters. The van der Waals surface area contributed by atoms with Gasteiger partial charge in [0, 0.05) is 10.6 Å². The fraction of sp³-hybridized carbons (Fsp3) is 0.300. The van der Waals surface area contributed by atoms with Gasteiger partial charge in [-0.15, -0.1) is 0 Å². The SMILES string of the molecule is O=C(O)c1ccc(C2(O)CC2)c(Cl)c1. The van der Waals surface area contributed by atoms with Crippen LogP contribution in [-0.4, -0.2) is 16.2 Å². The second-order valence-electron chi connectivity index (χ2n) is 3.53. The van der Waals surface area contributed by atoms with Gasteiger partial charge in [0.15, 0.2) is 0 Å². The van der Waals surface area contributed by atoms with Crippen molar-refractivity contribution in [2.75, 3.05) is 0 Å². The monoisotopic (exact) mass is 212 g/mol. The lowest BCUT2D eigenvalue weighted by Gasteiger charge is -2.10. The zero-order valence-electron chi connectivity index (χ0n) is 7.33. The maximum Gasteiger partial charge on any atom is 0.335 e. The Morgan fingerprint density at radius 1 is 1.43 bits per heavy atom. The molecule has 1 aliphatic rings. The number of rotatable bonds is 2. The zero-order valence-corrected chi connectivity index (χ0v) is 8.08. The predicted octanol–water partition coefficient (Wildman–Crippen LogP) is 2.02. The van der Waals surface area contributed by atoms with E-state index in [9.17, 15) is 9.90 Å². The highest BCUT2D eigenvalue weighted by molar-refractivity contribution is 6.31. The Morgan fingerprint density at radius 3 is 2.50 bits per heavy atom. The number of carboxylic acid groups (broad SMARTS) is 1. The molecular formula is C10H9ClO3. The Bertz CT molecular complexity index is 396. The first-order chi connectivity index (χ1) is 6.53. The van der Waals surface area contributed by atoms with Gasteiger partial charge in [0.25, 0.3) is 0 Å². The van der Waals surface area contributed by atoms with Crippen molar-refractivity contribution < 1.29 is 15.0 Å². The third-order valence-electron chi connectivity index (χ3n) is 2.44. The summed E-state index contributed by atoms with van der Waals surface area (Å²) in [5.74, 6) is -1.01. The Kier molecular flexibility index (Phi) is 2.01. The molecule has 14 heavy (non-hydrogen) atoms. The lowest BCUT2D eigenvalue weighted by Crippen LogP contribution is -2.06. The van der Waals surface area contributed by atoms with Gasteiger partial charge in [0.2, 0.25) is 0 Å². The first kappa shape index (κ1) is 9.49. The minimum absolute atomic E-state index is 0.142. The highest BCUT2D eigenvalue weighted by atomic mass is 35.5. The van der Waals surface area contributed by atoms with Crippen LogP contribution in [0.4, 0.5) is 0 Å². The normalized spacial score (nSPS) is 17.9. The number of halogens is 1. The summed E-state index contributed by atoms with van der Waals surface area (Å²) in [6.45, 7) is 0. The number of hydrogen-bond donors (Lipinski definition) is 2. The largest absolute Gasteiger partial charge is 0.478 e. The van der Waals surface area contributed by atoms with Crippen LogP contribution in [0.3, 0.4) is 0 Å². The van der Waals surface area contributed by atoms with Gasteiger partial charge in [0.1, 0.15) is 0 Å². The van der Waals surface area contributed by atoms with Crippen LogP contribution in [0.1, 0.15) is 28.8 Å². The van der Waals surface area contributed by atoms with Crippen molar-refractivity contribution in [1.82, 2.24) is 0 Å². The van der Waals surface area contributed by atoms with E-state index in [-0.39, 0.29) is 5.56 Å². The average molecular weight is 213 g/mol. The van der Waals surface area contributed by atoms with E-state index < -0.39 is 11.6 Å². The maximum absolute atomic E-state index is 10.6. The molecule has 0 saturated heterocycles. The lowest BCUT2D eigenvalue weighted by molar-refractivity contribution is 0.0696. The van der Waals surface area contributed by atoms with Gasteiger partial charge < -0.3 is 10.2 Å². The molecule has 3 nitrogen and oxygen atoms in total. The summed E-state index contributed by atoms with van der Waals surface area (Å²) in [5.41, 5.74) is -0.0409. The van der Waals surface area contributed by atoms with Crippen molar-refractivity contribution in [3.05, 3.63) is 34.3 Å². The second kappa shape index (κ2) is 2.97. The third-order valence-corrected chi connectivity index (χ3v) is 2.75. The molecule has 0 heterocycles. The highest BCUT2D eigenvalue weighted by Gasteiger charge is 2.43. The molecule has 0 spiro atoms. The minimum Gasteiger partial charge on any atom is -0.478 e. The molecule has 0 amide bonds. The molecular weight excluding hydrogens is 204 g/mol. The summed E-state index contributed by atoms with van der Waals surface area (Å²) < 4.78 is 0. The van der Waals surface area contributed by atoms with E-state index in [1.165, 1.54) is 12.1 Å². The summed E-state index contributed by atoms with van der Waals surface area (Å²) in [7, 11) is 0. The fourth-order valence-corrected chi connectivity index (χ4v) is 1.77. The summed E-state index contributed by atoms with van der Waals surface area (Å²) in [4.78, 5) is 10.6. The molecule has 1 aromatic carbocycles. The van der Waals surface area contributed by atoms with E-state index in [0.29, 0.717) is 23.4 Å². The number of hydrogen-bond acceptors (Lipinski definition) is 2. The number of carboxylic acids is 1. The zero-order chi connectivity index (χ0) is 10.3. The van der Waals surface area contributed by atoms with E-state index in [2.05, 4.69) is 0 Å². The second-order valence-corrected chi connectivity index (χ2v) is 3.94. The number of benzene rings is 1. The van der Waals surface area contributed by atoms with Gasteiger partial charge in [-0.1, -0.05) is 17.7 Å². The van der Waals surface area contributed by atoms with Crippen LogP contribution in [0, 0.1) is 0 Å². The van der Waals surface area contributed by atoms with E-state index in [1.54, 1.807) is 6.07 Å².